The molecule has 40 heavy (non-hydrogen) atoms. The van der Waals surface area contributed by atoms with Gasteiger partial charge in [-0.1, -0.05) is 116 Å². The zero-order chi connectivity index (χ0) is 27.7. The Kier molecular flexibility index (Phi) is 8.38. The van der Waals surface area contributed by atoms with E-state index in [-0.39, 0.29) is 0 Å². The second kappa shape index (κ2) is 12.6. The summed E-state index contributed by atoms with van der Waals surface area (Å²) in [5.74, 6) is 0. The number of nitrogens with one attached hydrogen (secondary N) is 2. The van der Waals surface area contributed by atoms with E-state index in [0.717, 1.165) is 39.3 Å². The molecule has 2 nitrogen and oxygen atoms in total. The average molecular weight is 519 g/mol. The lowest BCUT2D eigenvalue weighted by atomic mass is 9.93. The number of anilines is 2. The van der Waals surface area contributed by atoms with E-state index in [1.54, 1.807) is 0 Å². The highest BCUT2D eigenvalue weighted by Crippen LogP contribution is 2.38. The third-order valence-electron chi connectivity index (χ3n) is 6.97. The Morgan fingerprint density at radius 3 is 1.82 bits per heavy atom. The number of allylic oxidation sites excluding steroid dienone is 4. The van der Waals surface area contributed by atoms with Gasteiger partial charge in [0.05, 0.1) is 0 Å². The predicted octanol–water partition coefficient (Wildman–Crippen LogP) is 10.5. The summed E-state index contributed by atoms with van der Waals surface area (Å²) >= 11 is 0. The molecule has 0 fully saturated rings. The molecule has 0 aliphatic heterocycles. The van der Waals surface area contributed by atoms with E-state index in [1.807, 2.05) is 50.4 Å². The fourth-order valence-electron chi connectivity index (χ4n) is 4.89. The molecular formula is C38H34N2. The van der Waals surface area contributed by atoms with E-state index in [2.05, 4.69) is 126 Å². The minimum Gasteiger partial charge on any atom is -0.388 e. The second-order valence-electron chi connectivity index (χ2n) is 9.56. The highest BCUT2D eigenvalue weighted by molar-refractivity contribution is 5.89. The molecule has 5 aromatic rings. The minimum atomic E-state index is 0.933. The normalized spacial score (nSPS) is 11.4. The zero-order valence-electron chi connectivity index (χ0n) is 23.1. The van der Waals surface area contributed by atoms with E-state index < -0.39 is 0 Å². The van der Waals surface area contributed by atoms with Crippen molar-refractivity contribution in [2.45, 2.75) is 6.92 Å². The highest BCUT2D eigenvalue weighted by atomic mass is 14.9. The van der Waals surface area contributed by atoms with Crippen molar-refractivity contribution in [1.29, 1.82) is 0 Å². The molecule has 5 aromatic carbocycles. The molecular weight excluding hydrogens is 484 g/mol. The third-order valence-corrected chi connectivity index (χ3v) is 6.97. The predicted molar refractivity (Wildman–Crippen MR) is 174 cm³/mol. The lowest BCUT2D eigenvalue weighted by molar-refractivity contribution is 1.45. The molecule has 0 saturated carbocycles. The molecule has 0 radical (unpaired) electrons. The maximum absolute atomic E-state index is 4.04. The summed E-state index contributed by atoms with van der Waals surface area (Å²) in [6.07, 6.45) is 7.93. The largest absolute Gasteiger partial charge is 0.388 e. The van der Waals surface area contributed by atoms with Crippen LogP contribution in [0.5, 0.6) is 0 Å². The standard InChI is InChI=1S/C38H34N2/c1-4-6-20-34(5-2)40-38-27-33(36-26-31(22-24-37(36)39-3)29-16-11-8-12-17-29)21-23-35(38)32-19-13-18-30(25-32)28-14-9-7-10-15-28/h4-27,39-40H,2H2,1,3H3/b6-4-,34-20+. The topological polar surface area (TPSA) is 24.1 Å². The zero-order valence-corrected chi connectivity index (χ0v) is 23.1. The number of benzene rings is 5. The third kappa shape index (κ3) is 5.98. The van der Waals surface area contributed by atoms with Crippen molar-refractivity contribution in [2.24, 2.45) is 0 Å². The van der Waals surface area contributed by atoms with Gasteiger partial charge in [-0.05, 0) is 76.7 Å². The molecule has 0 aliphatic carbocycles. The van der Waals surface area contributed by atoms with Crippen LogP contribution in [0.1, 0.15) is 6.92 Å². The van der Waals surface area contributed by atoms with Crippen molar-refractivity contribution in [3.63, 3.8) is 0 Å². The van der Waals surface area contributed by atoms with Crippen molar-refractivity contribution in [3.8, 4) is 44.5 Å². The maximum atomic E-state index is 4.04. The Balaban J connectivity index is 1.65. The van der Waals surface area contributed by atoms with Gasteiger partial charge < -0.3 is 10.6 Å². The second-order valence-corrected chi connectivity index (χ2v) is 9.56. The number of hydrogen-bond donors (Lipinski definition) is 2. The highest BCUT2D eigenvalue weighted by Gasteiger charge is 2.13. The van der Waals surface area contributed by atoms with E-state index in [4.69, 9.17) is 0 Å². The molecule has 2 heteroatoms. The van der Waals surface area contributed by atoms with Crippen LogP contribution in [0.2, 0.25) is 0 Å². The van der Waals surface area contributed by atoms with Crippen LogP contribution in [0.3, 0.4) is 0 Å². The number of rotatable bonds is 9. The quantitative estimate of drug-likeness (QED) is 0.190. The summed E-state index contributed by atoms with van der Waals surface area (Å²) in [5.41, 5.74) is 12.4. The summed E-state index contributed by atoms with van der Waals surface area (Å²) in [6.45, 7) is 6.06. The van der Waals surface area contributed by atoms with Crippen LogP contribution >= 0.6 is 0 Å². The van der Waals surface area contributed by atoms with Crippen LogP contribution in [0.15, 0.2) is 158 Å². The fourth-order valence-corrected chi connectivity index (χ4v) is 4.89. The smallest absolute Gasteiger partial charge is 0.0470 e. The summed E-state index contributed by atoms with van der Waals surface area (Å²) < 4.78 is 0. The van der Waals surface area contributed by atoms with Gasteiger partial charge >= 0.3 is 0 Å². The summed E-state index contributed by atoms with van der Waals surface area (Å²) in [7, 11) is 1.97. The van der Waals surface area contributed by atoms with Crippen LogP contribution in [-0.4, -0.2) is 7.05 Å². The Morgan fingerprint density at radius 2 is 1.18 bits per heavy atom. The van der Waals surface area contributed by atoms with E-state index in [0.29, 0.717) is 0 Å². The minimum absolute atomic E-state index is 0.933. The van der Waals surface area contributed by atoms with Gasteiger partial charge in [0, 0.05) is 35.2 Å². The Hall–Kier alpha value is -5.08. The SMILES string of the molecule is C=C/C(=C\C=C/C)Nc1cc(-c2cc(-c3ccccc3)ccc2NC)ccc1-c1cccc(-c2ccccc2)c1. The van der Waals surface area contributed by atoms with Crippen molar-refractivity contribution in [1.82, 2.24) is 0 Å². The molecule has 0 unspecified atom stereocenters. The van der Waals surface area contributed by atoms with Gasteiger partial charge in [-0.2, -0.15) is 0 Å². The van der Waals surface area contributed by atoms with Gasteiger partial charge in [0.25, 0.3) is 0 Å². The van der Waals surface area contributed by atoms with Gasteiger partial charge in [0.15, 0.2) is 0 Å². The molecule has 0 saturated heterocycles. The lowest BCUT2D eigenvalue weighted by Crippen LogP contribution is -2.00. The first-order valence-corrected chi connectivity index (χ1v) is 13.6. The summed E-state index contributed by atoms with van der Waals surface area (Å²) in [5, 5.41) is 7.04. The summed E-state index contributed by atoms with van der Waals surface area (Å²) in [6, 6.07) is 43.0. The maximum Gasteiger partial charge on any atom is 0.0470 e. The molecule has 0 spiro atoms. The van der Waals surface area contributed by atoms with Crippen LogP contribution in [0.4, 0.5) is 11.4 Å². The Bertz CT molecular complexity index is 1660. The van der Waals surface area contributed by atoms with E-state index in [9.17, 15) is 0 Å². The molecule has 5 rings (SSSR count). The lowest BCUT2D eigenvalue weighted by Gasteiger charge is -2.18. The fraction of sp³-hybridized carbons (Fsp3) is 0.0526. The molecule has 0 heterocycles. The van der Waals surface area contributed by atoms with E-state index >= 15 is 0 Å². The van der Waals surface area contributed by atoms with Crippen LogP contribution in [-0.2, 0) is 0 Å². The molecule has 2 N–H and O–H groups in total. The van der Waals surface area contributed by atoms with E-state index in [1.165, 1.54) is 22.3 Å². The van der Waals surface area contributed by atoms with Gasteiger partial charge in [-0.15, -0.1) is 0 Å². The van der Waals surface area contributed by atoms with Gasteiger partial charge in [0.2, 0.25) is 0 Å². The van der Waals surface area contributed by atoms with Crippen molar-refractivity contribution in [3.05, 3.63) is 158 Å². The van der Waals surface area contributed by atoms with Crippen LogP contribution in [0, 0.1) is 0 Å². The van der Waals surface area contributed by atoms with Crippen molar-refractivity contribution >= 4 is 11.4 Å². The van der Waals surface area contributed by atoms with Gasteiger partial charge in [-0.3, -0.25) is 0 Å². The van der Waals surface area contributed by atoms with Crippen molar-refractivity contribution in [2.75, 3.05) is 17.7 Å². The Morgan fingerprint density at radius 1 is 0.575 bits per heavy atom. The summed E-state index contributed by atoms with van der Waals surface area (Å²) in [4.78, 5) is 0. The molecule has 196 valence electrons. The van der Waals surface area contributed by atoms with Crippen LogP contribution in [0.25, 0.3) is 44.5 Å². The molecule has 0 aromatic heterocycles. The first kappa shape index (κ1) is 26.5. The molecule has 0 aliphatic rings. The first-order chi connectivity index (χ1) is 19.7. The van der Waals surface area contributed by atoms with Crippen molar-refractivity contribution < 1.29 is 0 Å². The average Bonchev–Trinajstić information content (AvgIpc) is 3.03. The van der Waals surface area contributed by atoms with Crippen LogP contribution < -0.4 is 10.6 Å². The first-order valence-electron chi connectivity index (χ1n) is 13.6. The van der Waals surface area contributed by atoms with Gasteiger partial charge in [-0.25, -0.2) is 0 Å². The monoisotopic (exact) mass is 518 g/mol. The molecule has 0 atom stereocenters. The molecule has 0 amide bonds. The van der Waals surface area contributed by atoms with Gasteiger partial charge in [0.1, 0.15) is 0 Å². The molecule has 0 bridgehead atoms. The number of hydrogen-bond acceptors (Lipinski definition) is 2. The Labute approximate surface area is 238 Å².